The summed E-state index contributed by atoms with van der Waals surface area (Å²) >= 11 is 0. The largest absolute Gasteiger partial charge is 0.380 e. The highest BCUT2D eigenvalue weighted by Crippen LogP contribution is 2.37. The maximum absolute atomic E-state index is 5.55. The Morgan fingerprint density at radius 1 is 1.15 bits per heavy atom. The summed E-state index contributed by atoms with van der Waals surface area (Å²) in [4.78, 5) is 2.75. The lowest BCUT2D eigenvalue weighted by atomic mass is 9.75. The maximum atomic E-state index is 5.55. The Bertz CT molecular complexity index is 295. The van der Waals surface area contributed by atoms with Crippen molar-refractivity contribution < 1.29 is 4.74 Å². The first-order valence-electron chi connectivity index (χ1n) is 8.62. The second-order valence-corrected chi connectivity index (χ2v) is 7.05. The number of nitrogens with zero attached hydrogens (tertiary/aromatic N) is 1. The summed E-state index contributed by atoms with van der Waals surface area (Å²) in [6.07, 6.45) is 9.70. The molecule has 0 aromatic heterocycles. The molecule has 1 N–H and O–H groups in total. The molecule has 2 fully saturated rings. The summed E-state index contributed by atoms with van der Waals surface area (Å²) in [6, 6.07) is 0. The van der Waals surface area contributed by atoms with Gasteiger partial charge in [-0.05, 0) is 32.6 Å². The number of hydrogen-bond acceptors (Lipinski definition) is 3. The van der Waals surface area contributed by atoms with Crippen LogP contribution in [0.2, 0.25) is 0 Å². The third-order valence-corrected chi connectivity index (χ3v) is 5.96. The molecule has 0 aromatic rings. The SMILES string of the molecule is CCC1(CC)CNC2(CCCCC2)CN1CC(C)OC. The van der Waals surface area contributed by atoms with Crippen molar-refractivity contribution in [2.75, 3.05) is 26.7 Å². The Kier molecular flexibility index (Phi) is 5.49. The maximum Gasteiger partial charge on any atom is 0.0670 e. The van der Waals surface area contributed by atoms with Crippen LogP contribution in [0.25, 0.3) is 0 Å². The molecule has 1 saturated carbocycles. The smallest absolute Gasteiger partial charge is 0.0670 e. The van der Waals surface area contributed by atoms with E-state index in [1.165, 1.54) is 51.5 Å². The van der Waals surface area contributed by atoms with Gasteiger partial charge in [-0.15, -0.1) is 0 Å². The van der Waals surface area contributed by atoms with Crippen LogP contribution in [0.1, 0.15) is 65.7 Å². The van der Waals surface area contributed by atoms with Gasteiger partial charge in [-0.1, -0.05) is 33.1 Å². The highest BCUT2D eigenvalue weighted by atomic mass is 16.5. The predicted molar refractivity (Wildman–Crippen MR) is 85.2 cm³/mol. The Morgan fingerprint density at radius 3 is 2.35 bits per heavy atom. The first-order valence-corrected chi connectivity index (χ1v) is 8.62. The predicted octanol–water partition coefficient (Wildman–Crippen LogP) is 3.19. The van der Waals surface area contributed by atoms with Crippen LogP contribution < -0.4 is 5.32 Å². The molecular formula is C17H34N2O. The van der Waals surface area contributed by atoms with Crippen LogP contribution in [0.3, 0.4) is 0 Å². The van der Waals surface area contributed by atoms with Gasteiger partial charge < -0.3 is 10.1 Å². The minimum atomic E-state index is 0.325. The van der Waals surface area contributed by atoms with Crippen molar-refractivity contribution in [3.05, 3.63) is 0 Å². The van der Waals surface area contributed by atoms with Crippen LogP contribution in [0, 0.1) is 0 Å². The van der Waals surface area contributed by atoms with Crippen LogP contribution in [0.4, 0.5) is 0 Å². The fourth-order valence-electron chi connectivity index (χ4n) is 4.21. The Hall–Kier alpha value is -0.120. The van der Waals surface area contributed by atoms with E-state index in [0.29, 0.717) is 17.2 Å². The quantitative estimate of drug-likeness (QED) is 0.838. The van der Waals surface area contributed by atoms with E-state index < -0.39 is 0 Å². The third-order valence-electron chi connectivity index (χ3n) is 5.96. The molecule has 1 heterocycles. The third kappa shape index (κ3) is 3.20. The van der Waals surface area contributed by atoms with E-state index in [0.717, 1.165) is 13.1 Å². The van der Waals surface area contributed by atoms with Crippen LogP contribution in [-0.2, 0) is 4.74 Å². The van der Waals surface area contributed by atoms with Crippen LogP contribution in [0.5, 0.6) is 0 Å². The Balaban J connectivity index is 2.13. The summed E-state index contributed by atoms with van der Waals surface area (Å²) in [5, 5.41) is 3.97. The highest BCUT2D eigenvalue weighted by molar-refractivity contribution is 5.05. The molecule has 1 aliphatic heterocycles. The number of methoxy groups -OCH3 is 1. The molecule has 1 saturated heterocycles. The second-order valence-electron chi connectivity index (χ2n) is 7.05. The van der Waals surface area contributed by atoms with Crippen LogP contribution >= 0.6 is 0 Å². The van der Waals surface area contributed by atoms with Gasteiger partial charge in [0.15, 0.2) is 0 Å². The molecule has 1 aliphatic carbocycles. The molecule has 3 nitrogen and oxygen atoms in total. The molecule has 0 amide bonds. The van der Waals surface area contributed by atoms with Crippen LogP contribution in [-0.4, -0.2) is 48.8 Å². The number of piperazine rings is 1. The average Bonchev–Trinajstić information content (AvgIpc) is 2.49. The minimum absolute atomic E-state index is 0.325. The lowest BCUT2D eigenvalue weighted by Gasteiger charge is -2.56. The molecule has 2 aliphatic rings. The van der Waals surface area contributed by atoms with E-state index in [1.807, 2.05) is 7.11 Å². The van der Waals surface area contributed by atoms with Crippen molar-refractivity contribution in [3.8, 4) is 0 Å². The molecule has 0 bridgehead atoms. The lowest BCUT2D eigenvalue weighted by molar-refractivity contribution is -0.0425. The molecule has 20 heavy (non-hydrogen) atoms. The van der Waals surface area contributed by atoms with Crippen molar-refractivity contribution in [1.82, 2.24) is 10.2 Å². The molecule has 0 radical (unpaired) electrons. The monoisotopic (exact) mass is 282 g/mol. The van der Waals surface area contributed by atoms with Gasteiger partial charge >= 0.3 is 0 Å². The molecule has 1 spiro atoms. The molecular weight excluding hydrogens is 248 g/mol. The lowest BCUT2D eigenvalue weighted by Crippen LogP contribution is -2.70. The van der Waals surface area contributed by atoms with E-state index in [1.54, 1.807) is 0 Å². The number of ether oxygens (including phenoxy) is 1. The number of hydrogen-bond donors (Lipinski definition) is 1. The van der Waals surface area contributed by atoms with Crippen molar-refractivity contribution in [1.29, 1.82) is 0 Å². The highest BCUT2D eigenvalue weighted by Gasteiger charge is 2.46. The van der Waals surface area contributed by atoms with Gasteiger partial charge in [-0.3, -0.25) is 4.90 Å². The van der Waals surface area contributed by atoms with Gasteiger partial charge in [0.1, 0.15) is 0 Å². The van der Waals surface area contributed by atoms with E-state index >= 15 is 0 Å². The van der Waals surface area contributed by atoms with Crippen molar-refractivity contribution in [2.45, 2.75) is 82.9 Å². The summed E-state index contributed by atoms with van der Waals surface area (Å²) in [5.41, 5.74) is 0.717. The average molecular weight is 282 g/mol. The molecule has 1 atom stereocenters. The standard InChI is InChI=1S/C17H34N2O/c1-5-17(6-2)13-18-16(10-8-7-9-11-16)14-19(17)12-15(3)20-4/h15,18H,5-14H2,1-4H3. The Labute approximate surface area is 125 Å². The molecule has 0 aromatic carbocycles. The molecule has 3 heteroatoms. The zero-order chi connectivity index (χ0) is 14.6. The number of nitrogens with one attached hydrogen (secondary N) is 1. The van der Waals surface area contributed by atoms with Crippen molar-refractivity contribution >= 4 is 0 Å². The van der Waals surface area contributed by atoms with Gasteiger partial charge in [0.05, 0.1) is 6.10 Å². The molecule has 1 unspecified atom stereocenters. The molecule has 2 rings (SSSR count). The fraction of sp³-hybridized carbons (Fsp3) is 1.00. The van der Waals surface area contributed by atoms with Gasteiger partial charge in [-0.25, -0.2) is 0 Å². The van der Waals surface area contributed by atoms with E-state index in [4.69, 9.17) is 4.74 Å². The summed E-state index contributed by atoms with van der Waals surface area (Å²) in [7, 11) is 1.84. The van der Waals surface area contributed by atoms with E-state index in [2.05, 4.69) is 31.0 Å². The zero-order valence-corrected chi connectivity index (χ0v) is 14.0. The van der Waals surface area contributed by atoms with E-state index in [-0.39, 0.29) is 0 Å². The van der Waals surface area contributed by atoms with Crippen LogP contribution in [0.15, 0.2) is 0 Å². The first-order chi connectivity index (χ1) is 9.60. The van der Waals surface area contributed by atoms with Gasteiger partial charge in [0.25, 0.3) is 0 Å². The Morgan fingerprint density at radius 2 is 1.80 bits per heavy atom. The second kappa shape index (κ2) is 6.76. The van der Waals surface area contributed by atoms with Gasteiger partial charge in [0, 0.05) is 37.8 Å². The molecule has 118 valence electrons. The van der Waals surface area contributed by atoms with Gasteiger partial charge in [-0.2, -0.15) is 0 Å². The normalized spacial score (nSPS) is 27.6. The van der Waals surface area contributed by atoms with Crippen molar-refractivity contribution in [2.24, 2.45) is 0 Å². The topological polar surface area (TPSA) is 24.5 Å². The first kappa shape index (κ1) is 16.3. The fourth-order valence-corrected chi connectivity index (χ4v) is 4.21. The van der Waals surface area contributed by atoms with Gasteiger partial charge in [0.2, 0.25) is 0 Å². The van der Waals surface area contributed by atoms with E-state index in [9.17, 15) is 0 Å². The minimum Gasteiger partial charge on any atom is -0.380 e. The summed E-state index contributed by atoms with van der Waals surface area (Å²) in [5.74, 6) is 0. The summed E-state index contributed by atoms with van der Waals surface area (Å²) < 4.78 is 5.55. The number of rotatable bonds is 5. The zero-order valence-electron chi connectivity index (χ0n) is 14.0. The van der Waals surface area contributed by atoms with Crippen molar-refractivity contribution in [3.63, 3.8) is 0 Å². The summed E-state index contributed by atoms with van der Waals surface area (Å²) in [6.45, 7) is 10.3.